The van der Waals surface area contributed by atoms with Gasteiger partial charge < -0.3 is 10.2 Å². The first-order valence-electron chi connectivity index (χ1n) is 18.9. The zero-order valence-electron chi connectivity index (χ0n) is 32.3. The molecule has 0 bridgehead atoms. The van der Waals surface area contributed by atoms with E-state index in [9.17, 15) is 10.2 Å². The van der Waals surface area contributed by atoms with Crippen LogP contribution in [0.25, 0.3) is 0 Å². The Morgan fingerprint density at radius 1 is 0.365 bits per heavy atom. The Morgan fingerprint density at radius 3 is 0.981 bits per heavy atom. The van der Waals surface area contributed by atoms with E-state index >= 15 is 0 Å². The minimum Gasteiger partial charge on any atom is -0.508 e. The molecule has 0 saturated carbocycles. The smallest absolute Gasteiger partial charge is 0.115 e. The zero-order chi connectivity index (χ0) is 37.2. The molecule has 0 amide bonds. The van der Waals surface area contributed by atoms with E-state index in [0.717, 1.165) is 47.9 Å². The van der Waals surface area contributed by atoms with Gasteiger partial charge >= 0.3 is 0 Å². The summed E-state index contributed by atoms with van der Waals surface area (Å²) < 4.78 is 0. The normalized spacial score (nSPS) is 11.9. The van der Waals surface area contributed by atoms with Crippen LogP contribution in [0.5, 0.6) is 11.5 Å². The minimum atomic E-state index is -0.874. The van der Waals surface area contributed by atoms with Crippen LogP contribution in [0.15, 0.2) is 121 Å². The summed E-state index contributed by atoms with van der Waals surface area (Å²) in [6.07, 6.45) is 4.16. The van der Waals surface area contributed by atoms with Gasteiger partial charge in [-0.3, -0.25) is 0 Å². The third-order valence-corrected chi connectivity index (χ3v) is 11.5. The topological polar surface area (TPSA) is 40.5 Å². The van der Waals surface area contributed by atoms with Gasteiger partial charge in [0.2, 0.25) is 0 Å². The van der Waals surface area contributed by atoms with Crippen LogP contribution in [-0.4, -0.2) is 10.2 Å². The van der Waals surface area contributed by atoms with Gasteiger partial charge in [0.15, 0.2) is 0 Å². The van der Waals surface area contributed by atoms with Crippen LogP contribution >= 0.6 is 0 Å². The Bertz CT molecular complexity index is 2050. The van der Waals surface area contributed by atoms with Crippen LogP contribution in [0, 0.1) is 41.5 Å². The molecule has 0 heterocycles. The highest BCUT2D eigenvalue weighted by molar-refractivity contribution is 5.71. The van der Waals surface area contributed by atoms with E-state index in [-0.39, 0.29) is 11.5 Å². The largest absolute Gasteiger partial charge is 0.508 e. The Labute approximate surface area is 311 Å². The summed E-state index contributed by atoms with van der Waals surface area (Å²) in [4.78, 5) is 0. The van der Waals surface area contributed by atoms with Crippen molar-refractivity contribution in [2.45, 2.75) is 91.9 Å². The highest BCUT2D eigenvalue weighted by Gasteiger charge is 2.59. The number of hydrogen-bond donors (Lipinski definition) is 2. The van der Waals surface area contributed by atoms with Gasteiger partial charge in [0.25, 0.3) is 0 Å². The summed E-state index contributed by atoms with van der Waals surface area (Å²) in [6.45, 7) is 17.8. The molecule has 6 aromatic rings. The monoisotopic (exact) mass is 686 g/mol. The molecular formula is C50H54O2. The molecule has 0 spiro atoms. The molecule has 0 unspecified atom stereocenters. The van der Waals surface area contributed by atoms with E-state index in [0.29, 0.717) is 0 Å². The maximum atomic E-state index is 10.9. The molecule has 2 heteroatoms. The second-order valence-corrected chi connectivity index (χ2v) is 15.0. The maximum absolute atomic E-state index is 10.9. The molecule has 0 fully saturated rings. The van der Waals surface area contributed by atoms with Crippen LogP contribution in [0.4, 0.5) is 0 Å². The van der Waals surface area contributed by atoms with Gasteiger partial charge in [0.05, 0.1) is 10.8 Å². The standard InChI is InChI=1S/C50H54O2/c1-9-11-39-13-17-41(18-14-39)49(43-21-25-45(51)26-22-43,42-19-15-40(12-10-2)16-20-42)50(44-23-27-46(52)28-24-44,47-31-35(5)33(3)29-37(47)7)48-32-36(6)34(4)30-38(48)8/h13-32,51-52H,9-12H2,1-8H3. The molecule has 0 saturated heterocycles. The first-order chi connectivity index (χ1) is 25.0. The summed E-state index contributed by atoms with van der Waals surface area (Å²) >= 11 is 0. The summed E-state index contributed by atoms with van der Waals surface area (Å²) in [5.41, 5.74) is 15.1. The van der Waals surface area contributed by atoms with Crippen LogP contribution in [0.2, 0.25) is 0 Å². The molecule has 0 aliphatic carbocycles. The summed E-state index contributed by atoms with van der Waals surface area (Å²) in [7, 11) is 0. The number of aryl methyl sites for hydroxylation is 8. The van der Waals surface area contributed by atoms with Crippen molar-refractivity contribution >= 4 is 0 Å². The highest BCUT2D eigenvalue weighted by Crippen LogP contribution is 2.61. The Balaban J connectivity index is 1.99. The lowest BCUT2D eigenvalue weighted by Crippen LogP contribution is -2.53. The maximum Gasteiger partial charge on any atom is 0.115 e. The fraction of sp³-hybridized carbons (Fsp3) is 0.280. The molecular weight excluding hydrogens is 633 g/mol. The predicted molar refractivity (Wildman–Crippen MR) is 218 cm³/mol. The molecule has 0 aliphatic heterocycles. The number of hydrogen-bond acceptors (Lipinski definition) is 2. The van der Waals surface area contributed by atoms with Gasteiger partial charge in [0.1, 0.15) is 11.5 Å². The van der Waals surface area contributed by atoms with Crippen molar-refractivity contribution in [3.63, 3.8) is 0 Å². The average Bonchev–Trinajstić information content (AvgIpc) is 3.13. The van der Waals surface area contributed by atoms with Crippen molar-refractivity contribution in [1.29, 1.82) is 0 Å². The quantitative estimate of drug-likeness (QED) is 0.133. The van der Waals surface area contributed by atoms with Gasteiger partial charge in [-0.15, -0.1) is 0 Å². The first kappa shape index (κ1) is 36.7. The molecule has 0 atom stereocenters. The minimum absolute atomic E-state index is 0.231. The van der Waals surface area contributed by atoms with Gasteiger partial charge in [-0.2, -0.15) is 0 Å². The fourth-order valence-corrected chi connectivity index (χ4v) is 8.80. The van der Waals surface area contributed by atoms with E-state index in [2.05, 4.69) is 152 Å². The number of rotatable bonds is 11. The van der Waals surface area contributed by atoms with Gasteiger partial charge in [-0.25, -0.2) is 0 Å². The van der Waals surface area contributed by atoms with E-state index in [1.54, 1.807) is 0 Å². The van der Waals surface area contributed by atoms with Crippen LogP contribution in [0.1, 0.15) is 105 Å². The van der Waals surface area contributed by atoms with Crippen LogP contribution in [0.3, 0.4) is 0 Å². The van der Waals surface area contributed by atoms with Crippen molar-refractivity contribution in [3.8, 4) is 11.5 Å². The Hall–Kier alpha value is -5.08. The number of benzene rings is 6. The molecule has 0 radical (unpaired) electrons. The molecule has 2 N–H and O–H groups in total. The van der Waals surface area contributed by atoms with Crippen LogP contribution in [-0.2, 0) is 23.7 Å². The predicted octanol–water partition coefficient (Wildman–Crippen LogP) is 12.2. The lowest BCUT2D eigenvalue weighted by Gasteiger charge is -2.55. The van der Waals surface area contributed by atoms with E-state index < -0.39 is 10.8 Å². The fourth-order valence-electron chi connectivity index (χ4n) is 8.80. The molecule has 6 aromatic carbocycles. The average molecular weight is 687 g/mol. The lowest BCUT2D eigenvalue weighted by atomic mass is 9.46. The van der Waals surface area contributed by atoms with Gasteiger partial charge in [0, 0.05) is 0 Å². The van der Waals surface area contributed by atoms with Gasteiger partial charge in [-0.05, 0) is 157 Å². The third-order valence-electron chi connectivity index (χ3n) is 11.5. The number of aromatic hydroxyl groups is 2. The van der Waals surface area contributed by atoms with Crippen molar-refractivity contribution in [1.82, 2.24) is 0 Å². The van der Waals surface area contributed by atoms with Gasteiger partial charge in [-0.1, -0.05) is 124 Å². The molecule has 6 rings (SSSR count). The molecule has 0 aliphatic rings. The molecule has 2 nitrogen and oxygen atoms in total. The Kier molecular flexibility index (Phi) is 10.5. The number of phenols is 2. The zero-order valence-corrected chi connectivity index (χ0v) is 32.3. The summed E-state index contributed by atoms with van der Waals surface area (Å²) in [6, 6.07) is 44.0. The summed E-state index contributed by atoms with van der Waals surface area (Å²) in [5, 5.41) is 21.7. The van der Waals surface area contributed by atoms with E-state index in [4.69, 9.17) is 0 Å². The second-order valence-electron chi connectivity index (χ2n) is 15.0. The van der Waals surface area contributed by atoms with Crippen molar-refractivity contribution < 1.29 is 10.2 Å². The lowest BCUT2D eigenvalue weighted by molar-refractivity contribution is 0.413. The second kappa shape index (κ2) is 14.9. The SMILES string of the molecule is CCCc1ccc(C(c2ccc(O)cc2)(c2ccc(CCC)cc2)C(c2ccc(O)cc2)(c2cc(C)c(C)cc2C)c2cc(C)c(C)cc2C)cc1. The molecule has 0 aromatic heterocycles. The third kappa shape index (κ3) is 6.23. The number of phenolic OH excluding ortho intramolecular Hbond substituents is 2. The van der Waals surface area contributed by atoms with Crippen molar-refractivity contribution in [2.24, 2.45) is 0 Å². The molecule has 52 heavy (non-hydrogen) atoms. The Morgan fingerprint density at radius 2 is 0.654 bits per heavy atom. The van der Waals surface area contributed by atoms with Crippen LogP contribution < -0.4 is 0 Å². The van der Waals surface area contributed by atoms with Crippen molar-refractivity contribution in [3.05, 3.63) is 199 Å². The summed E-state index contributed by atoms with van der Waals surface area (Å²) in [5.74, 6) is 0.462. The highest BCUT2D eigenvalue weighted by atomic mass is 16.3. The van der Waals surface area contributed by atoms with Crippen molar-refractivity contribution in [2.75, 3.05) is 0 Å². The molecule has 266 valence electrons. The van der Waals surface area contributed by atoms with E-state index in [1.807, 2.05) is 24.3 Å². The first-order valence-corrected chi connectivity index (χ1v) is 18.9. The van der Waals surface area contributed by atoms with E-state index in [1.165, 1.54) is 55.6 Å².